The van der Waals surface area contributed by atoms with Crippen LogP contribution in [0.3, 0.4) is 0 Å². The Morgan fingerprint density at radius 1 is 1.04 bits per heavy atom. The Morgan fingerprint density at radius 3 is 2.27 bits per heavy atom. The standard InChI is InChI=1S/C36H63N3O9Si/c1-15-26-36(8)30-22(4)27(37-16-17-39(30)34(42)47-36)20(2)19-35(7,43-11)31(23(5)28(40)24(6)32(41)45-26)46-33-29(48-49(12,13)14)25(38(9)10)18-21(3)44-33/h20-26,29-31,33H,15-19H2,1-14H3/t20-,21-,22+,23+,24-,25+,26-,29-,30-,31-,33+,35-,36-/m1/s1. The van der Waals surface area contributed by atoms with Gasteiger partial charge in [-0.15, -0.1) is 0 Å². The maximum atomic E-state index is 14.4. The molecule has 4 aliphatic heterocycles. The first-order valence-corrected chi connectivity index (χ1v) is 21.6. The number of likely N-dealkylation sites (N-methyl/N-ethyl adjacent to an activating group) is 1. The number of carbonyl (C=O) groups is 3. The van der Waals surface area contributed by atoms with Gasteiger partial charge in [-0.3, -0.25) is 19.5 Å². The van der Waals surface area contributed by atoms with Gasteiger partial charge in [-0.1, -0.05) is 27.7 Å². The zero-order valence-electron chi connectivity index (χ0n) is 32.4. The van der Waals surface area contributed by atoms with Crippen LogP contribution in [0.4, 0.5) is 4.79 Å². The monoisotopic (exact) mass is 709 g/mol. The maximum absolute atomic E-state index is 14.4. The van der Waals surface area contributed by atoms with Crippen molar-refractivity contribution in [2.45, 2.75) is 148 Å². The highest BCUT2D eigenvalue weighted by atomic mass is 28.4. The predicted octanol–water partition coefficient (Wildman–Crippen LogP) is 4.94. The summed E-state index contributed by atoms with van der Waals surface area (Å²) in [6, 6.07) is -0.401. The summed E-state index contributed by atoms with van der Waals surface area (Å²) in [4.78, 5) is 50.5. The van der Waals surface area contributed by atoms with Gasteiger partial charge < -0.3 is 33.0 Å². The van der Waals surface area contributed by atoms with E-state index in [9.17, 15) is 14.4 Å². The summed E-state index contributed by atoms with van der Waals surface area (Å²) in [6.07, 6.45) is -1.71. The molecule has 0 unspecified atom stereocenters. The molecule has 49 heavy (non-hydrogen) atoms. The van der Waals surface area contributed by atoms with Crippen molar-refractivity contribution in [3.8, 4) is 0 Å². The normalized spacial score (nSPS) is 42.7. The number of aliphatic imine (C=N–C) groups is 1. The van der Waals surface area contributed by atoms with Crippen molar-refractivity contribution in [1.29, 1.82) is 0 Å². The lowest BCUT2D eigenvalue weighted by Gasteiger charge is -2.49. The topological polar surface area (TPSA) is 125 Å². The van der Waals surface area contributed by atoms with Gasteiger partial charge in [0, 0.05) is 37.2 Å². The van der Waals surface area contributed by atoms with E-state index in [1.807, 2.05) is 41.8 Å². The van der Waals surface area contributed by atoms with Gasteiger partial charge in [0.05, 0.1) is 30.4 Å². The molecule has 4 heterocycles. The molecule has 3 saturated heterocycles. The molecule has 0 N–H and O–H groups in total. The fourth-order valence-electron chi connectivity index (χ4n) is 8.83. The smallest absolute Gasteiger partial charge is 0.410 e. The molecule has 13 atom stereocenters. The molecule has 0 aromatic carbocycles. The van der Waals surface area contributed by atoms with Crippen LogP contribution in [0.5, 0.6) is 0 Å². The zero-order valence-corrected chi connectivity index (χ0v) is 33.4. The van der Waals surface area contributed by atoms with Crippen molar-refractivity contribution in [2.75, 3.05) is 34.3 Å². The first kappa shape index (κ1) is 39.9. The van der Waals surface area contributed by atoms with Crippen LogP contribution in [0.25, 0.3) is 0 Å². The zero-order chi connectivity index (χ0) is 36.8. The van der Waals surface area contributed by atoms with Gasteiger partial charge in [0.25, 0.3) is 0 Å². The summed E-state index contributed by atoms with van der Waals surface area (Å²) in [5.41, 5.74) is -1.22. The van der Waals surface area contributed by atoms with Gasteiger partial charge in [-0.2, -0.15) is 0 Å². The molecule has 0 aliphatic carbocycles. The second kappa shape index (κ2) is 15.0. The van der Waals surface area contributed by atoms with Crippen LogP contribution < -0.4 is 0 Å². The number of carbonyl (C=O) groups excluding carboxylic acids is 3. The van der Waals surface area contributed by atoms with Gasteiger partial charge in [0.1, 0.15) is 18.1 Å². The van der Waals surface area contributed by atoms with E-state index < -0.39 is 74.1 Å². The third-order valence-corrected chi connectivity index (χ3v) is 12.3. The number of ether oxygens (including phenoxy) is 5. The fraction of sp³-hybridized carbons (Fsp3) is 0.889. The summed E-state index contributed by atoms with van der Waals surface area (Å²) in [5, 5.41) is 0. The van der Waals surface area contributed by atoms with E-state index >= 15 is 0 Å². The predicted molar refractivity (Wildman–Crippen MR) is 189 cm³/mol. The van der Waals surface area contributed by atoms with Crippen molar-refractivity contribution >= 4 is 31.9 Å². The molecule has 0 aromatic rings. The van der Waals surface area contributed by atoms with Crippen LogP contribution in [0.15, 0.2) is 4.99 Å². The number of amides is 1. The van der Waals surface area contributed by atoms with E-state index in [1.165, 1.54) is 0 Å². The number of fused-ring (bicyclic) bond motifs is 1. The number of cyclic esters (lactones) is 1. The molecule has 2 bridgehead atoms. The average molecular weight is 710 g/mol. The summed E-state index contributed by atoms with van der Waals surface area (Å²) in [6.45, 7) is 22.5. The van der Waals surface area contributed by atoms with Crippen LogP contribution >= 0.6 is 0 Å². The first-order chi connectivity index (χ1) is 22.7. The van der Waals surface area contributed by atoms with Crippen LogP contribution in [-0.2, 0) is 37.7 Å². The largest absolute Gasteiger partial charge is 0.458 e. The molecular weight excluding hydrogens is 646 g/mol. The second-order valence-corrected chi connectivity index (χ2v) is 20.9. The van der Waals surface area contributed by atoms with E-state index in [1.54, 1.807) is 25.9 Å². The minimum atomic E-state index is -2.08. The van der Waals surface area contributed by atoms with Crippen molar-refractivity contribution in [3.63, 3.8) is 0 Å². The fourth-order valence-corrected chi connectivity index (χ4v) is 9.91. The number of hydrogen-bond acceptors (Lipinski definition) is 11. The molecule has 12 nitrogen and oxygen atoms in total. The number of methoxy groups -OCH3 is 1. The summed E-state index contributed by atoms with van der Waals surface area (Å²) in [5.74, 6) is -3.21. The van der Waals surface area contributed by atoms with E-state index in [0.717, 1.165) is 12.1 Å². The van der Waals surface area contributed by atoms with E-state index in [4.69, 9.17) is 33.1 Å². The Morgan fingerprint density at radius 2 is 1.69 bits per heavy atom. The number of Topliss-reactive ketones (excluding diaryl/α,β-unsaturated/α-hetero) is 1. The van der Waals surface area contributed by atoms with Crippen molar-refractivity contribution < 1.29 is 42.5 Å². The van der Waals surface area contributed by atoms with E-state index in [-0.39, 0.29) is 29.8 Å². The first-order valence-electron chi connectivity index (χ1n) is 18.2. The molecule has 0 radical (unpaired) electrons. The Labute approximate surface area is 295 Å². The van der Waals surface area contributed by atoms with Gasteiger partial charge in [0.2, 0.25) is 0 Å². The number of ketones is 1. The summed E-state index contributed by atoms with van der Waals surface area (Å²) < 4.78 is 38.9. The molecule has 13 heteroatoms. The highest BCUT2D eigenvalue weighted by Crippen LogP contribution is 2.44. The lowest BCUT2D eigenvalue weighted by Crippen LogP contribution is -2.61. The van der Waals surface area contributed by atoms with Crippen LogP contribution in [0, 0.1) is 23.7 Å². The summed E-state index contributed by atoms with van der Waals surface area (Å²) in [7, 11) is 3.63. The lowest BCUT2D eigenvalue weighted by atomic mass is 9.73. The lowest BCUT2D eigenvalue weighted by molar-refractivity contribution is -0.292. The molecule has 3 fully saturated rings. The summed E-state index contributed by atoms with van der Waals surface area (Å²) >= 11 is 0. The maximum Gasteiger partial charge on any atom is 0.410 e. The third-order valence-electron chi connectivity index (χ3n) is 11.3. The second-order valence-electron chi connectivity index (χ2n) is 16.5. The molecule has 0 aromatic heterocycles. The number of esters is 1. The molecule has 0 spiro atoms. The third kappa shape index (κ3) is 7.96. The number of hydrogen-bond donors (Lipinski definition) is 0. The molecule has 280 valence electrons. The van der Waals surface area contributed by atoms with Crippen molar-refractivity contribution in [3.05, 3.63) is 0 Å². The Hall–Kier alpha value is -1.90. The number of rotatable bonds is 7. The van der Waals surface area contributed by atoms with Crippen LogP contribution in [0.2, 0.25) is 19.6 Å². The molecular formula is C36H63N3O9Si. The van der Waals surface area contributed by atoms with E-state index in [0.29, 0.717) is 25.9 Å². The van der Waals surface area contributed by atoms with Crippen molar-refractivity contribution in [1.82, 2.24) is 9.80 Å². The molecule has 4 rings (SSSR count). The minimum Gasteiger partial charge on any atom is -0.458 e. The Bertz CT molecular complexity index is 1260. The minimum absolute atomic E-state index is 0.0207. The highest BCUT2D eigenvalue weighted by Gasteiger charge is 2.60. The quantitative estimate of drug-likeness (QED) is 0.204. The van der Waals surface area contributed by atoms with E-state index in [2.05, 4.69) is 38.4 Å². The average Bonchev–Trinajstić information content (AvgIpc) is 3.14. The number of nitrogens with zero attached hydrogens (tertiary/aromatic N) is 3. The molecule has 4 aliphatic rings. The van der Waals surface area contributed by atoms with Gasteiger partial charge in [-0.05, 0) is 86.6 Å². The molecule has 1 amide bonds. The van der Waals surface area contributed by atoms with Gasteiger partial charge >= 0.3 is 12.1 Å². The van der Waals surface area contributed by atoms with Crippen LogP contribution in [0.1, 0.15) is 74.7 Å². The SMILES string of the molecule is CC[C@H]1OC(=O)[C@H](C)C(=O)[C@H](C)[C@@H](O[C@@H]2O[C@H](C)C[C@H](N(C)C)[C@H]2O[Si](C)(C)C)[C@](C)(OC)C[C@@H](C)C2=NCCN3C(=O)O[C@@]1(C)[C@H]3[C@H]2C. The van der Waals surface area contributed by atoms with Crippen LogP contribution in [-0.4, -0.2) is 130 Å². The Balaban J connectivity index is 1.83. The Kier molecular flexibility index (Phi) is 12.2. The highest BCUT2D eigenvalue weighted by molar-refractivity contribution is 6.69. The van der Waals surface area contributed by atoms with Gasteiger partial charge in [0.15, 0.2) is 26.0 Å². The van der Waals surface area contributed by atoms with Gasteiger partial charge in [-0.25, -0.2) is 4.79 Å². The molecule has 0 saturated carbocycles. The van der Waals surface area contributed by atoms with Crippen molar-refractivity contribution in [2.24, 2.45) is 28.7 Å².